The monoisotopic (exact) mass is 387 g/mol. The van der Waals surface area contributed by atoms with Crippen LogP contribution in [0.1, 0.15) is 28.6 Å². The van der Waals surface area contributed by atoms with E-state index in [2.05, 4.69) is 32.6 Å². The molecule has 0 aliphatic heterocycles. The first-order valence-electron chi connectivity index (χ1n) is 9.47. The second-order valence-corrected chi connectivity index (χ2v) is 7.09. The molecule has 5 nitrogen and oxygen atoms in total. The van der Waals surface area contributed by atoms with Gasteiger partial charge in [-0.3, -0.25) is 4.90 Å². The van der Waals surface area contributed by atoms with Gasteiger partial charge >= 0.3 is 0 Å². The van der Waals surface area contributed by atoms with Crippen LogP contribution in [0.25, 0.3) is 5.69 Å². The zero-order valence-electron chi connectivity index (χ0n) is 16.4. The minimum atomic E-state index is -0.237. The van der Waals surface area contributed by atoms with E-state index in [-0.39, 0.29) is 11.9 Å². The Morgan fingerprint density at radius 1 is 0.931 bits per heavy atom. The van der Waals surface area contributed by atoms with Gasteiger partial charge in [-0.2, -0.15) is 4.68 Å². The number of halogens is 1. The van der Waals surface area contributed by atoms with Gasteiger partial charge in [-0.25, -0.2) is 4.39 Å². The summed E-state index contributed by atoms with van der Waals surface area (Å²) in [5.41, 5.74) is 4.14. The third-order valence-corrected chi connectivity index (χ3v) is 4.98. The molecule has 1 atom stereocenters. The summed E-state index contributed by atoms with van der Waals surface area (Å²) in [6.07, 6.45) is 0. The molecule has 3 aromatic carbocycles. The topological polar surface area (TPSA) is 46.8 Å². The number of hydrogen-bond acceptors (Lipinski definition) is 4. The molecule has 0 aliphatic carbocycles. The van der Waals surface area contributed by atoms with Gasteiger partial charge in [0.2, 0.25) is 0 Å². The molecule has 6 heteroatoms. The number of aromatic nitrogens is 4. The third kappa shape index (κ3) is 4.07. The van der Waals surface area contributed by atoms with Crippen LogP contribution in [-0.2, 0) is 6.54 Å². The standard InChI is InChI=1S/C23H22FN5/c1-17-8-6-7-11-21(17)29-23(25-26-27-29)22(19-9-4-3-5-10-19)28(2)16-18-12-14-20(24)15-13-18/h3-15,22H,16H2,1-2H3/t22-/m1/s1. The van der Waals surface area contributed by atoms with Crippen LogP contribution in [0.3, 0.4) is 0 Å². The van der Waals surface area contributed by atoms with Crippen molar-refractivity contribution < 1.29 is 4.39 Å². The molecule has 4 rings (SSSR count). The molecule has 1 heterocycles. The van der Waals surface area contributed by atoms with Crippen molar-refractivity contribution in [2.75, 3.05) is 7.05 Å². The average Bonchev–Trinajstić information content (AvgIpc) is 3.20. The molecular weight excluding hydrogens is 365 g/mol. The first-order valence-corrected chi connectivity index (χ1v) is 9.47. The van der Waals surface area contributed by atoms with Gasteiger partial charge in [-0.1, -0.05) is 60.7 Å². The number of benzene rings is 3. The predicted octanol–water partition coefficient (Wildman–Crippen LogP) is 4.33. The summed E-state index contributed by atoms with van der Waals surface area (Å²) in [4.78, 5) is 2.17. The molecule has 0 amide bonds. The van der Waals surface area contributed by atoms with E-state index in [0.29, 0.717) is 6.54 Å². The molecule has 0 bridgehead atoms. The third-order valence-electron chi connectivity index (χ3n) is 4.98. The summed E-state index contributed by atoms with van der Waals surface area (Å²) < 4.78 is 15.1. The number of aryl methyl sites for hydroxylation is 1. The van der Waals surface area contributed by atoms with Gasteiger partial charge in [-0.05, 0) is 59.3 Å². The van der Waals surface area contributed by atoms with Crippen molar-refractivity contribution in [3.8, 4) is 5.69 Å². The zero-order chi connectivity index (χ0) is 20.2. The fourth-order valence-electron chi connectivity index (χ4n) is 3.54. The van der Waals surface area contributed by atoms with Crippen molar-refractivity contribution in [2.24, 2.45) is 0 Å². The molecule has 0 N–H and O–H groups in total. The second-order valence-electron chi connectivity index (χ2n) is 7.09. The number of hydrogen-bond donors (Lipinski definition) is 0. The van der Waals surface area contributed by atoms with Gasteiger partial charge in [0.25, 0.3) is 0 Å². The van der Waals surface area contributed by atoms with Gasteiger partial charge in [0.15, 0.2) is 5.82 Å². The summed E-state index contributed by atoms with van der Waals surface area (Å²) in [6, 6.07) is 24.6. The van der Waals surface area contributed by atoms with Gasteiger partial charge in [-0.15, -0.1) is 5.10 Å². The van der Waals surface area contributed by atoms with Gasteiger partial charge in [0.05, 0.1) is 11.7 Å². The molecule has 0 fully saturated rings. The first-order chi connectivity index (χ1) is 14.1. The Hall–Kier alpha value is -3.38. The van der Waals surface area contributed by atoms with Crippen LogP contribution in [0.5, 0.6) is 0 Å². The first kappa shape index (κ1) is 19.0. The Balaban J connectivity index is 1.76. The van der Waals surface area contributed by atoms with Gasteiger partial charge in [0.1, 0.15) is 5.82 Å². The smallest absolute Gasteiger partial charge is 0.178 e. The highest BCUT2D eigenvalue weighted by molar-refractivity contribution is 5.40. The van der Waals surface area contributed by atoms with E-state index in [1.54, 1.807) is 16.8 Å². The molecular formula is C23H22FN5. The summed E-state index contributed by atoms with van der Waals surface area (Å²) in [5, 5.41) is 12.6. The highest BCUT2D eigenvalue weighted by Gasteiger charge is 2.26. The number of rotatable bonds is 6. The van der Waals surface area contributed by atoms with Crippen molar-refractivity contribution in [3.63, 3.8) is 0 Å². The number of tetrazole rings is 1. The quantitative estimate of drug-likeness (QED) is 0.494. The SMILES string of the molecule is Cc1ccccc1-n1nnnc1[C@@H](c1ccccc1)N(C)Cc1ccc(F)cc1. The van der Waals surface area contributed by atoms with Crippen molar-refractivity contribution >= 4 is 0 Å². The molecule has 0 aliphatic rings. The lowest BCUT2D eigenvalue weighted by atomic mass is 10.0. The zero-order valence-corrected chi connectivity index (χ0v) is 16.4. The van der Waals surface area contributed by atoms with Gasteiger partial charge < -0.3 is 0 Å². The van der Waals surface area contributed by atoms with Crippen LogP contribution >= 0.6 is 0 Å². The lowest BCUT2D eigenvalue weighted by Crippen LogP contribution is -2.28. The summed E-state index contributed by atoms with van der Waals surface area (Å²) in [7, 11) is 2.03. The summed E-state index contributed by atoms with van der Waals surface area (Å²) in [6.45, 7) is 2.67. The van der Waals surface area contributed by atoms with Gasteiger partial charge in [0, 0.05) is 6.54 Å². The van der Waals surface area contributed by atoms with E-state index in [1.807, 2.05) is 56.4 Å². The maximum Gasteiger partial charge on any atom is 0.178 e. The molecule has 146 valence electrons. The van der Waals surface area contributed by atoms with E-state index in [9.17, 15) is 4.39 Å². The summed E-state index contributed by atoms with van der Waals surface area (Å²) >= 11 is 0. The molecule has 4 aromatic rings. The van der Waals surface area contributed by atoms with Crippen molar-refractivity contribution in [1.29, 1.82) is 0 Å². The molecule has 0 saturated heterocycles. The molecule has 29 heavy (non-hydrogen) atoms. The van der Waals surface area contributed by atoms with Crippen molar-refractivity contribution in [1.82, 2.24) is 25.1 Å². The van der Waals surface area contributed by atoms with E-state index in [4.69, 9.17) is 0 Å². The van der Waals surface area contributed by atoms with Crippen LogP contribution in [0.2, 0.25) is 0 Å². The predicted molar refractivity (Wildman–Crippen MR) is 110 cm³/mol. The summed E-state index contributed by atoms with van der Waals surface area (Å²) in [5.74, 6) is 0.495. The van der Waals surface area contributed by atoms with E-state index < -0.39 is 0 Å². The molecule has 0 unspecified atom stereocenters. The fourth-order valence-corrected chi connectivity index (χ4v) is 3.54. The maximum atomic E-state index is 13.3. The average molecular weight is 387 g/mol. The molecule has 0 radical (unpaired) electrons. The maximum absolute atomic E-state index is 13.3. The lowest BCUT2D eigenvalue weighted by molar-refractivity contribution is 0.258. The van der Waals surface area contributed by atoms with Crippen LogP contribution in [0.15, 0.2) is 78.9 Å². The van der Waals surface area contributed by atoms with E-state index >= 15 is 0 Å². The minimum absolute atomic E-state index is 0.171. The Kier molecular flexibility index (Phi) is 5.44. The Morgan fingerprint density at radius 2 is 1.62 bits per heavy atom. The Morgan fingerprint density at radius 3 is 2.34 bits per heavy atom. The van der Waals surface area contributed by atoms with E-state index in [0.717, 1.165) is 28.2 Å². The molecule has 1 aromatic heterocycles. The minimum Gasteiger partial charge on any atom is -0.288 e. The normalized spacial score (nSPS) is 12.3. The highest BCUT2D eigenvalue weighted by Crippen LogP contribution is 2.29. The highest BCUT2D eigenvalue weighted by atomic mass is 19.1. The Labute approximate surface area is 169 Å². The number of para-hydroxylation sites is 1. The Bertz CT molecular complexity index is 1080. The molecule has 0 spiro atoms. The second kappa shape index (κ2) is 8.32. The fraction of sp³-hybridized carbons (Fsp3) is 0.174. The van der Waals surface area contributed by atoms with Crippen LogP contribution < -0.4 is 0 Å². The largest absolute Gasteiger partial charge is 0.288 e. The van der Waals surface area contributed by atoms with Crippen molar-refractivity contribution in [3.05, 3.63) is 107 Å². The lowest BCUT2D eigenvalue weighted by Gasteiger charge is -2.28. The number of nitrogens with zero attached hydrogens (tertiary/aromatic N) is 5. The molecule has 0 saturated carbocycles. The van der Waals surface area contributed by atoms with Crippen molar-refractivity contribution in [2.45, 2.75) is 19.5 Å². The van der Waals surface area contributed by atoms with Crippen LogP contribution in [0, 0.1) is 12.7 Å². The van der Waals surface area contributed by atoms with Crippen LogP contribution in [0.4, 0.5) is 4.39 Å². The van der Waals surface area contributed by atoms with Crippen LogP contribution in [-0.4, -0.2) is 32.2 Å². The van der Waals surface area contributed by atoms with E-state index in [1.165, 1.54) is 12.1 Å².